The molecule has 0 fully saturated rings. The number of carbonyl (C=O) groups is 14. The third-order valence-electron chi connectivity index (χ3n) is 12.3. The van der Waals surface area contributed by atoms with Crippen LogP contribution in [0.4, 0.5) is 9.59 Å². The van der Waals surface area contributed by atoms with Gasteiger partial charge in [-0.3, -0.25) is 52.7 Å². The fourth-order valence-corrected chi connectivity index (χ4v) is 8.02. The number of hydrogen-bond donors (Lipinski definition) is 11. The minimum absolute atomic E-state index is 0.0263. The summed E-state index contributed by atoms with van der Waals surface area (Å²) in [5, 5.41) is 22.2. The van der Waals surface area contributed by atoms with Gasteiger partial charge in [-0.05, 0) is 161 Å². The van der Waals surface area contributed by atoms with E-state index in [0.29, 0.717) is 5.56 Å². The molecule has 1 aromatic rings. The lowest BCUT2D eigenvalue weighted by molar-refractivity contribution is -0.162. The Hall–Kier alpha value is -8.64. The molecule has 0 radical (unpaired) electrons. The molecule has 7 atom stereocenters. The molecule has 94 heavy (non-hydrogen) atoms. The molecule has 31 heteroatoms. The summed E-state index contributed by atoms with van der Waals surface area (Å²) in [5.41, 5.74) is 7.03. The van der Waals surface area contributed by atoms with Crippen molar-refractivity contribution in [1.29, 1.82) is 0 Å². The molecule has 0 heterocycles. The molecule has 13 N–H and O–H groups in total. The number of unbranched alkanes of at least 4 members (excludes halogenated alkanes) is 1. The molecule has 530 valence electrons. The van der Waals surface area contributed by atoms with Gasteiger partial charge in [0, 0.05) is 32.2 Å². The van der Waals surface area contributed by atoms with E-state index in [1.54, 1.807) is 134 Å². The highest BCUT2D eigenvalue weighted by atomic mass is 16.6. The Labute approximate surface area is 550 Å². The van der Waals surface area contributed by atoms with Crippen molar-refractivity contribution in [3.8, 4) is 0 Å². The van der Waals surface area contributed by atoms with Crippen molar-refractivity contribution in [3.63, 3.8) is 0 Å². The van der Waals surface area contributed by atoms with Crippen LogP contribution in [0.25, 0.3) is 0 Å². The van der Waals surface area contributed by atoms with E-state index in [1.807, 2.05) is 0 Å². The molecule has 0 spiro atoms. The van der Waals surface area contributed by atoms with Gasteiger partial charge < -0.3 is 87.7 Å². The van der Waals surface area contributed by atoms with Crippen LogP contribution in [0.1, 0.15) is 187 Å². The molecular formula is C63H103N11O20. The van der Waals surface area contributed by atoms with Gasteiger partial charge in [0.05, 0.1) is 18.8 Å². The van der Waals surface area contributed by atoms with E-state index < -0.39 is 192 Å². The summed E-state index contributed by atoms with van der Waals surface area (Å²) in [6.07, 6.45) is -5.16. The number of carbonyl (C=O) groups excluding carboxylic acids is 14. The number of amides is 11. The Kier molecular flexibility index (Phi) is 34.7. The Morgan fingerprint density at radius 2 is 0.819 bits per heavy atom. The Bertz CT molecular complexity index is 2750. The Morgan fingerprint density at radius 3 is 1.26 bits per heavy atom. The molecular weight excluding hydrogens is 1230 g/mol. The number of ether oxygens (including phenoxy) is 6. The summed E-state index contributed by atoms with van der Waals surface area (Å²) >= 11 is 0. The quantitative estimate of drug-likeness (QED) is 0.0258. The average molecular weight is 1330 g/mol. The van der Waals surface area contributed by atoms with Crippen molar-refractivity contribution in [2.75, 3.05) is 19.7 Å². The first-order chi connectivity index (χ1) is 43.2. The second-order valence-electron chi connectivity index (χ2n) is 27.2. The molecule has 0 saturated heterocycles. The highest BCUT2D eigenvalue weighted by molar-refractivity contribution is 5.97. The molecule has 31 nitrogen and oxygen atoms in total. The highest BCUT2D eigenvalue weighted by Gasteiger charge is 2.36. The van der Waals surface area contributed by atoms with Crippen LogP contribution in [-0.4, -0.2) is 173 Å². The first-order valence-corrected chi connectivity index (χ1v) is 31.1. The minimum Gasteiger partial charge on any atom is -0.460 e. The first-order valence-electron chi connectivity index (χ1n) is 31.1. The maximum absolute atomic E-state index is 14.5. The molecule has 0 aliphatic rings. The van der Waals surface area contributed by atoms with Crippen molar-refractivity contribution < 1.29 is 95.5 Å². The summed E-state index contributed by atoms with van der Waals surface area (Å²) in [6.45, 7) is 24.6. The van der Waals surface area contributed by atoms with Gasteiger partial charge >= 0.3 is 30.1 Å². The topological polar surface area (TPSA) is 455 Å². The molecule has 0 saturated carbocycles. The lowest BCUT2D eigenvalue weighted by atomic mass is 10.0. The van der Waals surface area contributed by atoms with E-state index in [0.717, 1.165) is 0 Å². The van der Waals surface area contributed by atoms with Crippen LogP contribution in [0.15, 0.2) is 30.3 Å². The lowest BCUT2D eigenvalue weighted by Crippen LogP contribution is -2.59. The van der Waals surface area contributed by atoms with E-state index in [2.05, 4.69) is 47.9 Å². The number of nitrogens with one attached hydrogen (secondary N) is 9. The lowest BCUT2D eigenvalue weighted by Gasteiger charge is -2.28. The summed E-state index contributed by atoms with van der Waals surface area (Å²) in [6, 6.07) is -2.29. The van der Waals surface area contributed by atoms with Crippen LogP contribution in [0, 0.1) is 0 Å². The molecule has 0 aromatic heterocycles. The van der Waals surface area contributed by atoms with Gasteiger partial charge in [-0.25, -0.2) is 14.4 Å². The van der Waals surface area contributed by atoms with Crippen LogP contribution in [0.2, 0.25) is 0 Å². The van der Waals surface area contributed by atoms with Crippen LogP contribution in [-0.2, 0) is 92.6 Å². The van der Waals surface area contributed by atoms with Crippen molar-refractivity contribution >= 4 is 83.3 Å². The summed E-state index contributed by atoms with van der Waals surface area (Å²) < 4.78 is 32.7. The van der Waals surface area contributed by atoms with Crippen LogP contribution < -0.4 is 59.3 Å². The SMILES string of the molecule is C[C@H](NC(=O)[C@H](CCC(N)=O)NC(=O)[C@H](CCCCNC(=O)OC(C)(C)C)NC(=O)[C@H](CCC(=O)OC(C)(C)C)NC(=O)[C@H](CCC(N)=O)NC(=O)OCc1ccccc1)C(=O)NCC(=O)N[C@@H](CCC(=O)OC(C)(C)C)C(=O)N[C@@H](COC(C)(C)C)C(=O)OC(C)(C)C. The third-order valence-corrected chi connectivity index (χ3v) is 12.3. The molecule has 0 unspecified atom stereocenters. The van der Waals surface area contributed by atoms with Gasteiger partial charge in [-0.15, -0.1) is 0 Å². The second-order valence-corrected chi connectivity index (χ2v) is 27.2. The maximum Gasteiger partial charge on any atom is 0.408 e. The molecule has 0 bridgehead atoms. The zero-order chi connectivity index (χ0) is 72.0. The standard InChI is InChI=1S/C63H103N11O20/c1-37(50(80)67-34-47(77)69-40(27-31-48(78)91-60(5,6)7)53(83)73-44(36-90-59(2,3)4)56(86)93-62(11,12)13)68-51(81)41(25-29-45(64)75)71-52(82)39(24-20-21-33-66-57(87)94-63(14,15)16)70-54(84)42(28-32-49(79)92-61(8,9)10)72-55(85)43(26-30-46(65)76)74-58(88)89-35-38-22-18-17-19-23-38/h17-19,22-23,37,39-44H,20-21,24-36H2,1-16H3,(H2,64,75)(H2,65,76)(H,66,87)(H,67,80)(H,68,81)(H,69,77)(H,70,84)(H,71,82)(H,72,85)(H,73,83)(H,74,88)/t37-,39-,40-,41-,42-,43-,44-/m0/s1. The zero-order valence-corrected chi connectivity index (χ0v) is 57.4. The normalized spacial score (nSPS) is 14.0. The summed E-state index contributed by atoms with van der Waals surface area (Å²) in [4.78, 5) is 187. The van der Waals surface area contributed by atoms with E-state index in [-0.39, 0.29) is 58.3 Å². The Balaban J connectivity index is 3.61. The number of rotatable bonds is 37. The monoisotopic (exact) mass is 1330 g/mol. The number of esters is 3. The van der Waals surface area contributed by atoms with Crippen LogP contribution in [0.5, 0.6) is 0 Å². The number of benzene rings is 1. The molecule has 0 aliphatic heterocycles. The summed E-state index contributed by atoms with van der Waals surface area (Å²) in [7, 11) is 0. The second kappa shape index (κ2) is 39.2. The summed E-state index contributed by atoms with van der Waals surface area (Å²) in [5.74, 6) is -11.1. The Morgan fingerprint density at radius 1 is 0.415 bits per heavy atom. The van der Waals surface area contributed by atoms with E-state index in [9.17, 15) is 67.1 Å². The van der Waals surface area contributed by atoms with Gasteiger partial charge in [-0.1, -0.05) is 30.3 Å². The third kappa shape index (κ3) is 39.7. The fraction of sp³-hybridized carbons (Fsp3) is 0.683. The number of hydrogen-bond acceptors (Lipinski definition) is 20. The van der Waals surface area contributed by atoms with Crippen LogP contribution >= 0.6 is 0 Å². The predicted molar refractivity (Wildman–Crippen MR) is 340 cm³/mol. The van der Waals surface area contributed by atoms with Gasteiger partial charge in [0.2, 0.25) is 53.2 Å². The van der Waals surface area contributed by atoms with E-state index >= 15 is 0 Å². The molecule has 0 aliphatic carbocycles. The maximum atomic E-state index is 14.5. The predicted octanol–water partition coefficient (Wildman–Crippen LogP) is 1.95. The van der Waals surface area contributed by atoms with E-state index in [1.165, 1.54) is 6.92 Å². The van der Waals surface area contributed by atoms with Crippen molar-refractivity contribution in [2.45, 2.75) is 258 Å². The van der Waals surface area contributed by atoms with Gasteiger partial charge in [0.1, 0.15) is 65.3 Å². The highest BCUT2D eigenvalue weighted by Crippen LogP contribution is 2.17. The smallest absolute Gasteiger partial charge is 0.408 e. The first kappa shape index (κ1) is 83.4. The molecule has 1 rings (SSSR count). The minimum atomic E-state index is -1.67. The van der Waals surface area contributed by atoms with E-state index in [4.69, 9.17) is 39.9 Å². The van der Waals surface area contributed by atoms with Crippen molar-refractivity contribution in [3.05, 3.63) is 35.9 Å². The van der Waals surface area contributed by atoms with Crippen molar-refractivity contribution in [2.24, 2.45) is 11.5 Å². The van der Waals surface area contributed by atoms with Gasteiger partial charge in [0.25, 0.3) is 0 Å². The molecule has 1 aromatic carbocycles. The number of nitrogens with two attached hydrogens (primary N) is 2. The largest absolute Gasteiger partial charge is 0.460 e. The zero-order valence-electron chi connectivity index (χ0n) is 57.4. The van der Waals surface area contributed by atoms with Crippen molar-refractivity contribution in [1.82, 2.24) is 47.9 Å². The van der Waals surface area contributed by atoms with Crippen LogP contribution in [0.3, 0.4) is 0 Å². The number of primary amides is 2. The number of alkyl carbamates (subject to hydrolysis) is 2. The average Bonchev–Trinajstić information content (AvgIpc) is 0.957. The fourth-order valence-electron chi connectivity index (χ4n) is 8.02. The molecule has 11 amide bonds. The van der Waals surface area contributed by atoms with Gasteiger partial charge in [0.15, 0.2) is 6.04 Å². The van der Waals surface area contributed by atoms with Gasteiger partial charge in [-0.2, -0.15) is 0 Å².